The normalized spacial score (nSPS) is 15.5. The number of nitrogens with zero attached hydrogens (tertiary/aromatic N) is 3. The standard InChI is InChI=1S/C30H29N5O5/c1-30(2,3)40-29(37)24-17-31-25(33-24)15-18-9-11-20(12-10-18)32-27(19-7-5-4-6-8-19)26-22-16-21(35(38)39)13-14-23(22)34-28(26)36/h4-14,16,24,34,36H,15,17H2,1-3H3,(H,31,33). The number of aromatic amines is 1. The van der Waals surface area contributed by atoms with E-state index in [1.54, 1.807) is 6.07 Å². The van der Waals surface area contributed by atoms with Gasteiger partial charge in [-0.3, -0.25) is 15.1 Å². The Morgan fingerprint density at radius 2 is 1.85 bits per heavy atom. The summed E-state index contributed by atoms with van der Waals surface area (Å²) in [5, 5.41) is 25.9. The number of amidine groups is 1. The number of fused-ring (bicyclic) bond motifs is 1. The van der Waals surface area contributed by atoms with Crippen molar-refractivity contribution in [3.05, 3.63) is 99.6 Å². The van der Waals surface area contributed by atoms with Gasteiger partial charge in [-0.25, -0.2) is 9.79 Å². The fourth-order valence-electron chi connectivity index (χ4n) is 4.50. The second-order valence-corrected chi connectivity index (χ2v) is 10.5. The minimum atomic E-state index is -0.561. The molecule has 4 aromatic rings. The van der Waals surface area contributed by atoms with Gasteiger partial charge in [0.1, 0.15) is 17.5 Å². The zero-order valence-electron chi connectivity index (χ0n) is 22.3. The van der Waals surface area contributed by atoms with Gasteiger partial charge in [-0.15, -0.1) is 0 Å². The molecular weight excluding hydrogens is 510 g/mol. The Bertz CT molecular complexity index is 1630. The number of nitro groups is 1. The summed E-state index contributed by atoms with van der Waals surface area (Å²) >= 11 is 0. The van der Waals surface area contributed by atoms with Crippen LogP contribution in [0.5, 0.6) is 5.88 Å². The molecule has 5 rings (SSSR count). The molecule has 1 aliphatic rings. The predicted octanol–water partition coefficient (Wildman–Crippen LogP) is 5.21. The first kappa shape index (κ1) is 26.6. The first-order chi connectivity index (χ1) is 19.1. The molecule has 0 spiro atoms. The lowest BCUT2D eigenvalue weighted by Crippen LogP contribution is -2.42. The molecular formula is C30H29N5O5. The number of aromatic nitrogens is 1. The number of benzene rings is 3. The monoisotopic (exact) mass is 539 g/mol. The Balaban J connectivity index is 1.42. The lowest BCUT2D eigenvalue weighted by Gasteiger charge is -2.22. The summed E-state index contributed by atoms with van der Waals surface area (Å²) in [6, 6.07) is 20.8. The van der Waals surface area contributed by atoms with Crippen LogP contribution in [0, 0.1) is 10.1 Å². The minimum absolute atomic E-state index is 0.0816. The van der Waals surface area contributed by atoms with Gasteiger partial charge in [-0.05, 0) is 44.5 Å². The van der Waals surface area contributed by atoms with Crippen molar-refractivity contribution in [2.45, 2.75) is 38.8 Å². The molecule has 0 radical (unpaired) electrons. The highest BCUT2D eigenvalue weighted by molar-refractivity contribution is 6.22. The third-order valence-corrected chi connectivity index (χ3v) is 6.30. The molecule has 2 heterocycles. The number of H-pyrrole nitrogens is 1. The first-order valence-electron chi connectivity index (χ1n) is 12.8. The number of ether oxygens (including phenoxy) is 1. The molecule has 1 aromatic heterocycles. The molecule has 1 aliphatic heterocycles. The summed E-state index contributed by atoms with van der Waals surface area (Å²) in [5.41, 5.74) is 3.12. The van der Waals surface area contributed by atoms with Crippen LogP contribution >= 0.6 is 0 Å². The lowest BCUT2D eigenvalue weighted by molar-refractivity contribution is -0.384. The lowest BCUT2D eigenvalue weighted by atomic mass is 10.0. The average Bonchev–Trinajstić information content (AvgIpc) is 3.51. The number of nitro benzene ring substituents is 1. The average molecular weight is 540 g/mol. The van der Waals surface area contributed by atoms with Gasteiger partial charge in [-0.2, -0.15) is 0 Å². The van der Waals surface area contributed by atoms with E-state index in [4.69, 9.17) is 9.73 Å². The quantitative estimate of drug-likeness (QED) is 0.127. The molecule has 0 fully saturated rings. The van der Waals surface area contributed by atoms with Crippen LogP contribution in [0.15, 0.2) is 82.8 Å². The molecule has 0 amide bonds. The first-order valence-corrected chi connectivity index (χ1v) is 12.8. The van der Waals surface area contributed by atoms with E-state index in [0.717, 1.165) is 11.1 Å². The molecule has 3 aromatic carbocycles. The molecule has 40 heavy (non-hydrogen) atoms. The van der Waals surface area contributed by atoms with Gasteiger partial charge < -0.3 is 20.1 Å². The van der Waals surface area contributed by atoms with Crippen molar-refractivity contribution in [2.24, 2.45) is 9.98 Å². The van der Waals surface area contributed by atoms with E-state index in [-0.39, 0.29) is 17.5 Å². The Labute approximate surface area is 230 Å². The smallest absolute Gasteiger partial charge is 0.331 e. The van der Waals surface area contributed by atoms with Crippen LogP contribution < -0.4 is 5.32 Å². The van der Waals surface area contributed by atoms with Crippen molar-refractivity contribution >= 4 is 39.8 Å². The van der Waals surface area contributed by atoms with Crippen molar-refractivity contribution in [1.29, 1.82) is 0 Å². The maximum absolute atomic E-state index is 12.4. The number of hydrogen-bond acceptors (Lipinski definition) is 8. The number of non-ortho nitro benzene ring substituents is 1. The van der Waals surface area contributed by atoms with Crippen molar-refractivity contribution in [3.63, 3.8) is 0 Å². The van der Waals surface area contributed by atoms with Crippen LogP contribution in [-0.2, 0) is 16.0 Å². The van der Waals surface area contributed by atoms with E-state index < -0.39 is 16.6 Å². The van der Waals surface area contributed by atoms with Gasteiger partial charge in [0.25, 0.3) is 5.69 Å². The number of aliphatic imine (C=N–C) groups is 2. The van der Waals surface area contributed by atoms with Crippen molar-refractivity contribution in [2.75, 3.05) is 6.54 Å². The van der Waals surface area contributed by atoms with Gasteiger partial charge in [0.2, 0.25) is 0 Å². The highest BCUT2D eigenvalue weighted by Gasteiger charge is 2.29. The molecule has 204 valence electrons. The fourth-order valence-corrected chi connectivity index (χ4v) is 4.50. The second kappa shape index (κ2) is 10.6. The maximum Gasteiger partial charge on any atom is 0.331 e. The second-order valence-electron chi connectivity index (χ2n) is 10.5. The molecule has 1 atom stereocenters. The van der Waals surface area contributed by atoms with Crippen LogP contribution in [0.4, 0.5) is 11.4 Å². The van der Waals surface area contributed by atoms with Crippen LogP contribution in [0.1, 0.15) is 37.5 Å². The van der Waals surface area contributed by atoms with Crippen LogP contribution in [-0.4, -0.2) is 50.7 Å². The third kappa shape index (κ3) is 5.85. The van der Waals surface area contributed by atoms with Crippen molar-refractivity contribution < 1.29 is 19.6 Å². The largest absolute Gasteiger partial charge is 0.494 e. The summed E-state index contributed by atoms with van der Waals surface area (Å²) in [6.07, 6.45) is 0.516. The summed E-state index contributed by atoms with van der Waals surface area (Å²) in [5.74, 6) is 0.261. The SMILES string of the molecule is CC(C)(C)OC(=O)C1CN=C(Cc2ccc(N=C(c3ccccc3)c3c(O)[nH]c4ccc([N+](=O)[O-])cc34)cc2)N1. The van der Waals surface area contributed by atoms with Gasteiger partial charge in [0, 0.05) is 35.0 Å². The van der Waals surface area contributed by atoms with Crippen LogP contribution in [0.3, 0.4) is 0 Å². The molecule has 0 bridgehead atoms. The van der Waals surface area contributed by atoms with Crippen molar-refractivity contribution in [3.8, 4) is 5.88 Å². The zero-order chi connectivity index (χ0) is 28.4. The van der Waals surface area contributed by atoms with E-state index >= 15 is 0 Å². The fraction of sp³-hybridized carbons (Fsp3) is 0.233. The molecule has 10 nitrogen and oxygen atoms in total. The number of carbonyl (C=O) groups is 1. The Kier molecular flexibility index (Phi) is 7.08. The molecule has 3 N–H and O–H groups in total. The molecule has 0 aliphatic carbocycles. The van der Waals surface area contributed by atoms with E-state index in [1.807, 2.05) is 75.4 Å². The number of aromatic hydroxyl groups is 1. The number of nitrogens with one attached hydrogen (secondary N) is 2. The zero-order valence-corrected chi connectivity index (χ0v) is 22.3. The Hall–Kier alpha value is -4.99. The highest BCUT2D eigenvalue weighted by Crippen LogP contribution is 2.33. The summed E-state index contributed by atoms with van der Waals surface area (Å²) in [4.78, 5) is 35.5. The number of carbonyl (C=O) groups excluding carboxylic acids is 1. The summed E-state index contributed by atoms with van der Waals surface area (Å²) in [6.45, 7) is 5.83. The minimum Gasteiger partial charge on any atom is -0.494 e. The van der Waals surface area contributed by atoms with E-state index in [1.165, 1.54) is 12.1 Å². The Morgan fingerprint density at radius 1 is 1.12 bits per heavy atom. The molecule has 0 saturated heterocycles. The number of hydrogen-bond donors (Lipinski definition) is 3. The van der Waals surface area contributed by atoms with Gasteiger partial charge in [-0.1, -0.05) is 42.5 Å². The van der Waals surface area contributed by atoms with E-state index in [9.17, 15) is 20.0 Å². The molecule has 10 heteroatoms. The van der Waals surface area contributed by atoms with Crippen LogP contribution in [0.25, 0.3) is 10.9 Å². The summed E-state index contributed by atoms with van der Waals surface area (Å²) in [7, 11) is 0. The molecule has 0 saturated carbocycles. The predicted molar refractivity (Wildman–Crippen MR) is 154 cm³/mol. The Morgan fingerprint density at radius 3 is 2.52 bits per heavy atom. The maximum atomic E-state index is 12.4. The highest BCUT2D eigenvalue weighted by atomic mass is 16.6. The number of rotatable bonds is 7. The van der Waals surface area contributed by atoms with E-state index in [0.29, 0.717) is 46.7 Å². The van der Waals surface area contributed by atoms with Crippen molar-refractivity contribution in [1.82, 2.24) is 10.3 Å². The van der Waals surface area contributed by atoms with Gasteiger partial charge in [0.15, 0.2) is 5.88 Å². The van der Waals surface area contributed by atoms with Gasteiger partial charge >= 0.3 is 5.97 Å². The van der Waals surface area contributed by atoms with E-state index in [2.05, 4.69) is 15.3 Å². The third-order valence-electron chi connectivity index (χ3n) is 6.30. The molecule has 1 unspecified atom stereocenters. The number of esters is 1. The topological polar surface area (TPSA) is 142 Å². The van der Waals surface area contributed by atoms with Gasteiger partial charge in [0.05, 0.1) is 28.4 Å². The van der Waals surface area contributed by atoms with Crippen LogP contribution in [0.2, 0.25) is 0 Å². The summed E-state index contributed by atoms with van der Waals surface area (Å²) < 4.78 is 5.45.